The van der Waals surface area contributed by atoms with Gasteiger partial charge in [0.2, 0.25) is 10.0 Å². The van der Waals surface area contributed by atoms with Crippen molar-refractivity contribution in [3.63, 3.8) is 0 Å². The van der Waals surface area contributed by atoms with Crippen molar-refractivity contribution in [3.05, 3.63) is 28.8 Å². The second-order valence-electron chi connectivity index (χ2n) is 3.60. The Hall–Kier alpha value is -1.62. The maximum atomic E-state index is 12.7. The molecule has 0 aliphatic rings. The number of alkyl halides is 6. The minimum absolute atomic E-state index is 0.0119. The summed E-state index contributed by atoms with van der Waals surface area (Å²) in [6.07, 6.45) is -11.1. The van der Waals surface area contributed by atoms with Crippen molar-refractivity contribution >= 4 is 16.3 Å². The molecule has 20 heavy (non-hydrogen) atoms. The van der Waals surface area contributed by atoms with E-state index >= 15 is 0 Å². The molecule has 0 saturated carbocycles. The Labute approximate surface area is 108 Å². The maximum absolute atomic E-state index is 12.7. The monoisotopic (exact) mass is 321 g/mol. The lowest BCUT2D eigenvalue weighted by atomic mass is 10.1. The molecule has 0 radical (unpaired) electrons. The average Bonchev–Trinajstić information content (AvgIpc) is 2.23. The van der Waals surface area contributed by atoms with E-state index in [0.29, 0.717) is 0 Å². The zero-order chi connectivity index (χ0) is 15.9. The van der Waals surface area contributed by atoms with Gasteiger partial charge < -0.3 is 0 Å². The second-order valence-corrected chi connectivity index (χ2v) is 5.10. The lowest BCUT2D eigenvalue weighted by molar-refractivity contribution is -0.147. The van der Waals surface area contributed by atoms with Gasteiger partial charge in [0.05, 0.1) is 11.1 Å². The van der Waals surface area contributed by atoms with Crippen LogP contribution in [0.1, 0.15) is 21.5 Å². The van der Waals surface area contributed by atoms with Crippen molar-refractivity contribution in [3.8, 4) is 0 Å². The van der Waals surface area contributed by atoms with Gasteiger partial charge in [-0.25, -0.2) is 13.6 Å². The fraction of sp³-hybridized carbons (Fsp3) is 0.222. The number of primary sulfonamides is 1. The van der Waals surface area contributed by atoms with E-state index in [0.717, 1.165) is 0 Å². The van der Waals surface area contributed by atoms with Gasteiger partial charge in [0, 0.05) is 5.56 Å². The van der Waals surface area contributed by atoms with Crippen LogP contribution in [0, 0.1) is 0 Å². The molecule has 0 bridgehead atoms. The number of hydrogen-bond acceptors (Lipinski definition) is 3. The van der Waals surface area contributed by atoms with Gasteiger partial charge in [-0.15, -0.1) is 0 Å². The molecule has 0 unspecified atom stereocenters. The summed E-state index contributed by atoms with van der Waals surface area (Å²) in [5, 5.41) is 4.43. The van der Waals surface area contributed by atoms with Gasteiger partial charge in [-0.2, -0.15) is 26.3 Å². The number of carbonyl (C=O) groups is 1. The van der Waals surface area contributed by atoms with Gasteiger partial charge in [0.1, 0.15) is 11.2 Å². The third-order valence-electron chi connectivity index (χ3n) is 2.14. The molecule has 1 rings (SSSR count). The van der Waals surface area contributed by atoms with Crippen molar-refractivity contribution in [1.29, 1.82) is 0 Å². The predicted octanol–water partition coefficient (Wildman–Crippen LogP) is 2.18. The Morgan fingerprint density at radius 1 is 0.950 bits per heavy atom. The molecule has 0 aliphatic carbocycles. The molecule has 4 nitrogen and oxygen atoms in total. The van der Waals surface area contributed by atoms with Crippen LogP contribution in [0.3, 0.4) is 0 Å². The number of sulfonamides is 1. The molecule has 0 heterocycles. The Morgan fingerprint density at radius 3 is 1.50 bits per heavy atom. The Kier molecular flexibility index (Phi) is 3.89. The van der Waals surface area contributed by atoms with Crippen LogP contribution in [0.4, 0.5) is 26.3 Å². The molecule has 1 aromatic carbocycles. The summed E-state index contributed by atoms with van der Waals surface area (Å²) in [6.45, 7) is 0. The number of carbonyl (C=O) groups excluding carboxylic acids is 1. The molecule has 0 aliphatic heterocycles. The second kappa shape index (κ2) is 4.74. The molecule has 0 spiro atoms. The topological polar surface area (TPSA) is 77.2 Å². The first-order chi connectivity index (χ1) is 8.78. The summed E-state index contributed by atoms with van der Waals surface area (Å²) in [4.78, 5) is 8.30. The van der Waals surface area contributed by atoms with E-state index in [1.54, 1.807) is 0 Å². The first kappa shape index (κ1) is 16.4. The highest BCUT2D eigenvalue weighted by Crippen LogP contribution is 2.41. The Morgan fingerprint density at radius 2 is 1.30 bits per heavy atom. The van der Waals surface area contributed by atoms with Gasteiger partial charge >= 0.3 is 12.4 Å². The minimum atomic E-state index is -5.43. The normalized spacial score (nSPS) is 13.3. The highest BCUT2D eigenvalue weighted by molar-refractivity contribution is 7.89. The highest BCUT2D eigenvalue weighted by atomic mass is 32.2. The number of nitrogens with two attached hydrogens (primary N) is 1. The zero-order valence-corrected chi connectivity index (χ0v) is 10.0. The van der Waals surface area contributed by atoms with Crippen LogP contribution < -0.4 is 5.14 Å². The smallest absolute Gasteiger partial charge is 0.298 e. The van der Waals surface area contributed by atoms with E-state index in [1.807, 2.05) is 0 Å². The Bertz CT molecular complexity index is 612. The van der Waals surface area contributed by atoms with Gasteiger partial charge in [-0.1, -0.05) is 0 Å². The fourth-order valence-electron chi connectivity index (χ4n) is 1.45. The third kappa shape index (κ3) is 3.28. The summed E-state index contributed by atoms with van der Waals surface area (Å²) in [5.74, 6) is 0. The highest BCUT2D eigenvalue weighted by Gasteiger charge is 2.44. The fourth-order valence-corrected chi connectivity index (χ4v) is 2.41. The number of benzene rings is 1. The molecule has 2 N–H and O–H groups in total. The summed E-state index contributed by atoms with van der Waals surface area (Å²) in [7, 11) is -5.31. The third-order valence-corrected chi connectivity index (χ3v) is 3.15. The Balaban J connectivity index is 3.98. The van der Waals surface area contributed by atoms with E-state index in [4.69, 9.17) is 0 Å². The van der Waals surface area contributed by atoms with Gasteiger partial charge in [-0.05, 0) is 12.1 Å². The van der Waals surface area contributed by atoms with Crippen molar-refractivity contribution in [2.24, 2.45) is 5.14 Å². The number of rotatable bonds is 2. The molecular formula is C9H5F6NO3S. The summed E-state index contributed by atoms with van der Waals surface area (Å²) in [6, 6.07) is -0.0238. The van der Waals surface area contributed by atoms with Gasteiger partial charge in [0.25, 0.3) is 0 Å². The van der Waals surface area contributed by atoms with Crippen LogP contribution in [-0.2, 0) is 22.4 Å². The molecule has 0 fully saturated rings. The summed E-state index contributed by atoms with van der Waals surface area (Å²) >= 11 is 0. The number of hydrogen-bond donors (Lipinski definition) is 1. The summed E-state index contributed by atoms with van der Waals surface area (Å²) < 4.78 is 98.1. The molecular weight excluding hydrogens is 316 g/mol. The summed E-state index contributed by atoms with van der Waals surface area (Å²) in [5.41, 5.74) is -5.26. The number of halogens is 6. The van der Waals surface area contributed by atoms with E-state index < -0.39 is 44.0 Å². The predicted molar refractivity (Wildman–Crippen MR) is 53.2 cm³/mol. The zero-order valence-electron chi connectivity index (χ0n) is 9.21. The molecule has 0 atom stereocenters. The van der Waals surface area contributed by atoms with E-state index in [2.05, 4.69) is 5.14 Å². The molecule has 1 aromatic rings. The van der Waals surface area contributed by atoms with Crippen molar-refractivity contribution in [1.82, 2.24) is 0 Å². The molecule has 11 heteroatoms. The lowest BCUT2D eigenvalue weighted by Gasteiger charge is -2.17. The SMILES string of the molecule is NS(=O)(=O)c1c(C(F)(F)F)cc(C=O)cc1C(F)(F)F. The van der Waals surface area contributed by atoms with Crippen molar-refractivity contribution < 1.29 is 39.6 Å². The maximum Gasteiger partial charge on any atom is 0.417 e. The minimum Gasteiger partial charge on any atom is -0.298 e. The first-order valence-electron chi connectivity index (χ1n) is 4.59. The van der Waals surface area contributed by atoms with Gasteiger partial charge in [0.15, 0.2) is 0 Å². The van der Waals surface area contributed by atoms with E-state index in [9.17, 15) is 39.6 Å². The first-order valence-corrected chi connectivity index (χ1v) is 6.13. The van der Waals surface area contributed by atoms with Crippen molar-refractivity contribution in [2.45, 2.75) is 17.2 Å². The van der Waals surface area contributed by atoms with E-state index in [-0.39, 0.29) is 18.4 Å². The van der Waals surface area contributed by atoms with Gasteiger partial charge in [-0.3, -0.25) is 4.79 Å². The lowest BCUT2D eigenvalue weighted by Crippen LogP contribution is -2.24. The van der Waals surface area contributed by atoms with Crippen LogP contribution in [0.15, 0.2) is 17.0 Å². The van der Waals surface area contributed by atoms with E-state index in [1.165, 1.54) is 0 Å². The van der Waals surface area contributed by atoms with Crippen LogP contribution >= 0.6 is 0 Å². The van der Waals surface area contributed by atoms with Crippen LogP contribution in [0.5, 0.6) is 0 Å². The quantitative estimate of drug-likeness (QED) is 0.670. The van der Waals surface area contributed by atoms with Crippen LogP contribution in [0.2, 0.25) is 0 Å². The molecule has 0 saturated heterocycles. The molecule has 0 amide bonds. The molecule has 0 aromatic heterocycles. The van der Waals surface area contributed by atoms with Crippen LogP contribution in [0.25, 0.3) is 0 Å². The standard InChI is InChI=1S/C9H5F6NO3S/c10-8(11,12)5-1-4(3-17)2-6(9(13,14)15)7(5)20(16,18)19/h1-3H,(H2,16,18,19). The van der Waals surface area contributed by atoms with Crippen molar-refractivity contribution in [2.75, 3.05) is 0 Å². The largest absolute Gasteiger partial charge is 0.417 e. The molecule has 112 valence electrons. The average molecular weight is 321 g/mol. The van der Waals surface area contributed by atoms with Crippen LogP contribution in [-0.4, -0.2) is 14.7 Å². The number of aldehydes is 1.